The van der Waals surface area contributed by atoms with Crippen LogP contribution >= 0.6 is 0 Å². The minimum absolute atomic E-state index is 0.0337. The standard InChI is InChI=1S/C30H42O4/c1-18(2)30-17-15-28(23(31)34-30)14-16-29(24(32)33-7)19(22(28)30)8-9-21-26(5)13-12-25(3,4)20(26)10-11-27(21,29)6/h12-13,19-22H,1,8-11,14-17H2,2-7H3. The maximum Gasteiger partial charge on any atom is 0.313 e. The van der Waals surface area contributed by atoms with Crippen LogP contribution in [0.4, 0.5) is 0 Å². The molecule has 6 rings (SSSR count). The highest BCUT2D eigenvalue weighted by molar-refractivity contribution is 5.85. The third kappa shape index (κ3) is 2.16. The molecule has 5 aliphatic carbocycles. The molecule has 1 aliphatic heterocycles. The first-order valence-corrected chi connectivity index (χ1v) is 13.5. The maximum absolute atomic E-state index is 14.1. The van der Waals surface area contributed by atoms with E-state index in [1.807, 2.05) is 6.92 Å². The Hall–Kier alpha value is -1.58. The third-order valence-electron chi connectivity index (χ3n) is 12.8. The van der Waals surface area contributed by atoms with Crippen molar-refractivity contribution in [3.8, 4) is 0 Å². The van der Waals surface area contributed by atoms with Crippen molar-refractivity contribution in [2.24, 2.45) is 50.7 Å². The highest BCUT2D eigenvalue weighted by atomic mass is 16.6. The molecule has 186 valence electrons. The summed E-state index contributed by atoms with van der Waals surface area (Å²) in [6.07, 6.45) is 12.4. The molecule has 0 spiro atoms. The molecule has 2 bridgehead atoms. The van der Waals surface area contributed by atoms with Crippen molar-refractivity contribution in [1.82, 2.24) is 0 Å². The summed E-state index contributed by atoms with van der Waals surface area (Å²) in [5, 5.41) is 0. The Kier molecular flexibility index (Phi) is 4.30. The molecule has 6 aliphatic rings. The molecule has 0 aromatic heterocycles. The summed E-state index contributed by atoms with van der Waals surface area (Å²) in [4.78, 5) is 27.5. The van der Waals surface area contributed by atoms with E-state index in [2.05, 4.69) is 46.4 Å². The van der Waals surface area contributed by atoms with Gasteiger partial charge in [0.25, 0.3) is 0 Å². The monoisotopic (exact) mass is 466 g/mol. The Bertz CT molecular complexity index is 1020. The van der Waals surface area contributed by atoms with E-state index in [9.17, 15) is 9.59 Å². The van der Waals surface area contributed by atoms with E-state index in [1.165, 1.54) is 0 Å². The Morgan fingerprint density at radius 3 is 2.35 bits per heavy atom. The predicted molar refractivity (Wildman–Crippen MR) is 131 cm³/mol. The van der Waals surface area contributed by atoms with E-state index in [4.69, 9.17) is 9.47 Å². The van der Waals surface area contributed by atoms with Crippen LogP contribution in [-0.2, 0) is 19.1 Å². The molecule has 9 atom stereocenters. The van der Waals surface area contributed by atoms with Gasteiger partial charge in [0.05, 0.1) is 17.9 Å². The quantitative estimate of drug-likeness (QED) is 0.356. The van der Waals surface area contributed by atoms with E-state index in [0.29, 0.717) is 11.8 Å². The van der Waals surface area contributed by atoms with Crippen molar-refractivity contribution in [3.05, 3.63) is 24.3 Å². The SMILES string of the molecule is C=C(C)C12CCC3(CCC4(C(=O)OC)C(CCC5C6(C)C=CC(C)(C)C6CCC54C)C31)C(=O)O2. The van der Waals surface area contributed by atoms with Gasteiger partial charge < -0.3 is 9.47 Å². The second-order valence-corrected chi connectivity index (χ2v) is 13.9. The van der Waals surface area contributed by atoms with Crippen LogP contribution in [0, 0.1) is 50.7 Å². The van der Waals surface area contributed by atoms with Gasteiger partial charge >= 0.3 is 11.9 Å². The van der Waals surface area contributed by atoms with E-state index >= 15 is 0 Å². The number of allylic oxidation sites excluding steroid dienone is 2. The fourth-order valence-corrected chi connectivity index (χ4v) is 11.4. The number of carbonyl (C=O) groups is 2. The first-order valence-electron chi connectivity index (χ1n) is 13.5. The van der Waals surface area contributed by atoms with Gasteiger partial charge in [0.1, 0.15) is 5.60 Å². The molecule has 1 saturated heterocycles. The number of hydrogen-bond acceptors (Lipinski definition) is 4. The van der Waals surface area contributed by atoms with Crippen molar-refractivity contribution in [3.63, 3.8) is 0 Å². The number of methoxy groups -OCH3 is 1. The van der Waals surface area contributed by atoms with Crippen molar-refractivity contribution >= 4 is 11.9 Å². The van der Waals surface area contributed by atoms with Gasteiger partial charge in [-0.05, 0) is 97.9 Å². The minimum atomic E-state index is -0.610. The van der Waals surface area contributed by atoms with Crippen molar-refractivity contribution in [1.29, 1.82) is 0 Å². The van der Waals surface area contributed by atoms with Gasteiger partial charge in [0.15, 0.2) is 0 Å². The zero-order chi connectivity index (χ0) is 24.5. The Morgan fingerprint density at radius 2 is 1.71 bits per heavy atom. The van der Waals surface area contributed by atoms with Crippen LogP contribution in [0.1, 0.15) is 86.0 Å². The lowest BCUT2D eigenvalue weighted by Crippen LogP contribution is -2.68. The molecule has 0 amide bonds. The molecule has 0 radical (unpaired) electrons. The number of rotatable bonds is 2. The highest BCUT2D eigenvalue weighted by Gasteiger charge is 2.81. The number of esters is 2. The first kappa shape index (κ1) is 22.9. The summed E-state index contributed by atoms with van der Waals surface area (Å²) >= 11 is 0. The zero-order valence-corrected chi connectivity index (χ0v) is 22.0. The zero-order valence-electron chi connectivity index (χ0n) is 22.0. The fraction of sp³-hybridized carbons (Fsp3) is 0.800. The number of fused-ring (bicyclic) bond motifs is 5. The normalized spacial score (nSPS) is 53.9. The Morgan fingerprint density at radius 1 is 1.00 bits per heavy atom. The summed E-state index contributed by atoms with van der Waals surface area (Å²) in [6.45, 7) is 16.0. The summed E-state index contributed by atoms with van der Waals surface area (Å²) in [5.41, 5.74) is -0.563. The molecule has 34 heavy (non-hydrogen) atoms. The lowest BCUT2D eigenvalue weighted by molar-refractivity contribution is -0.229. The van der Waals surface area contributed by atoms with Crippen LogP contribution in [-0.4, -0.2) is 24.6 Å². The smallest absolute Gasteiger partial charge is 0.313 e. The van der Waals surface area contributed by atoms with Gasteiger partial charge in [-0.1, -0.05) is 46.4 Å². The van der Waals surface area contributed by atoms with Crippen LogP contribution in [0.5, 0.6) is 0 Å². The molecule has 0 aromatic rings. The summed E-state index contributed by atoms with van der Waals surface area (Å²) < 4.78 is 11.9. The lowest BCUT2D eigenvalue weighted by Gasteiger charge is -2.68. The topological polar surface area (TPSA) is 52.6 Å². The van der Waals surface area contributed by atoms with Crippen LogP contribution in [0.2, 0.25) is 0 Å². The van der Waals surface area contributed by atoms with Gasteiger partial charge in [-0.25, -0.2) is 0 Å². The molecule has 9 unspecified atom stereocenters. The number of carbonyl (C=O) groups excluding carboxylic acids is 2. The largest absolute Gasteiger partial charge is 0.469 e. The van der Waals surface area contributed by atoms with Crippen LogP contribution in [0.3, 0.4) is 0 Å². The second kappa shape index (κ2) is 6.40. The van der Waals surface area contributed by atoms with Crippen molar-refractivity contribution in [2.45, 2.75) is 91.6 Å². The van der Waals surface area contributed by atoms with Crippen molar-refractivity contribution < 1.29 is 19.1 Å². The molecule has 4 nitrogen and oxygen atoms in total. The molecule has 0 N–H and O–H groups in total. The van der Waals surface area contributed by atoms with E-state index in [-0.39, 0.29) is 40.0 Å². The fourth-order valence-electron chi connectivity index (χ4n) is 11.4. The molecular weight excluding hydrogens is 424 g/mol. The van der Waals surface area contributed by atoms with Crippen LogP contribution in [0.15, 0.2) is 24.3 Å². The molecule has 4 saturated carbocycles. The Labute approximate surface area is 204 Å². The predicted octanol–water partition coefficient (Wildman–Crippen LogP) is 6.25. The Balaban J connectivity index is 1.52. The number of ether oxygens (including phenoxy) is 2. The van der Waals surface area contributed by atoms with E-state index in [1.54, 1.807) is 7.11 Å². The van der Waals surface area contributed by atoms with Gasteiger partial charge in [0, 0.05) is 5.92 Å². The van der Waals surface area contributed by atoms with Crippen LogP contribution in [0.25, 0.3) is 0 Å². The third-order valence-corrected chi connectivity index (χ3v) is 12.8. The summed E-state index contributed by atoms with van der Waals surface area (Å²) in [6, 6.07) is 0. The molecule has 4 heteroatoms. The maximum atomic E-state index is 14.1. The van der Waals surface area contributed by atoms with Gasteiger partial charge in [-0.15, -0.1) is 0 Å². The summed E-state index contributed by atoms with van der Waals surface area (Å²) in [7, 11) is 1.57. The summed E-state index contributed by atoms with van der Waals surface area (Å²) in [5.74, 6) is 1.09. The van der Waals surface area contributed by atoms with E-state index < -0.39 is 16.4 Å². The molecular formula is C30H42O4. The van der Waals surface area contributed by atoms with Gasteiger partial charge in [0.2, 0.25) is 0 Å². The minimum Gasteiger partial charge on any atom is -0.469 e. The molecule has 5 fully saturated rings. The molecule has 0 aromatic carbocycles. The lowest BCUT2D eigenvalue weighted by atomic mass is 9.34. The average molecular weight is 467 g/mol. The van der Waals surface area contributed by atoms with Crippen molar-refractivity contribution in [2.75, 3.05) is 7.11 Å². The van der Waals surface area contributed by atoms with E-state index in [0.717, 1.165) is 56.9 Å². The highest BCUT2D eigenvalue weighted by Crippen LogP contribution is 2.79. The van der Waals surface area contributed by atoms with Gasteiger partial charge in [-0.3, -0.25) is 9.59 Å². The number of hydrogen-bond donors (Lipinski definition) is 0. The first-order chi connectivity index (χ1) is 15.9. The molecule has 1 heterocycles. The van der Waals surface area contributed by atoms with Gasteiger partial charge in [-0.2, -0.15) is 0 Å². The second-order valence-electron chi connectivity index (χ2n) is 13.9. The average Bonchev–Trinajstić information content (AvgIpc) is 3.35. The van der Waals surface area contributed by atoms with Crippen LogP contribution < -0.4 is 0 Å².